The van der Waals surface area contributed by atoms with Gasteiger partial charge in [-0.15, -0.1) is 0 Å². The molecule has 1 atom stereocenters. The molecule has 0 saturated heterocycles. The molecule has 3 heteroatoms. The molecule has 0 spiro atoms. The average Bonchev–Trinajstić information content (AvgIpc) is 3.14. The fourth-order valence-electron chi connectivity index (χ4n) is 4.78. The van der Waals surface area contributed by atoms with Crippen molar-refractivity contribution in [1.82, 2.24) is 9.97 Å². The molecule has 0 amide bonds. The zero-order valence-corrected chi connectivity index (χ0v) is 16.6. The van der Waals surface area contributed by atoms with E-state index in [-0.39, 0.29) is 0 Å². The van der Waals surface area contributed by atoms with Gasteiger partial charge < -0.3 is 9.72 Å². The number of nitrogens with one attached hydrogen (secondary N) is 1. The van der Waals surface area contributed by atoms with Crippen LogP contribution in [0.5, 0.6) is 5.75 Å². The third-order valence-corrected chi connectivity index (χ3v) is 6.25. The van der Waals surface area contributed by atoms with E-state index in [0.717, 1.165) is 30.7 Å². The molecule has 1 N–H and O–H groups in total. The lowest BCUT2D eigenvalue weighted by molar-refractivity contribution is 0.414. The zero-order chi connectivity index (χ0) is 19.1. The molecule has 142 valence electrons. The SMILES string of the molecule is CCC1CCCc2c1nc(Cc1ccc(OC)cc1)c1[nH]c3ccccc3c21. The van der Waals surface area contributed by atoms with E-state index in [1.807, 2.05) is 12.1 Å². The Balaban J connectivity index is 1.73. The summed E-state index contributed by atoms with van der Waals surface area (Å²) in [4.78, 5) is 8.95. The number of benzene rings is 2. The van der Waals surface area contributed by atoms with Crippen LogP contribution in [0, 0.1) is 0 Å². The summed E-state index contributed by atoms with van der Waals surface area (Å²) >= 11 is 0. The van der Waals surface area contributed by atoms with Gasteiger partial charge in [0.2, 0.25) is 0 Å². The van der Waals surface area contributed by atoms with Crippen LogP contribution >= 0.6 is 0 Å². The van der Waals surface area contributed by atoms with E-state index in [2.05, 4.69) is 48.3 Å². The predicted octanol–water partition coefficient (Wildman–Crippen LogP) is 6.15. The lowest BCUT2D eigenvalue weighted by Gasteiger charge is -2.25. The Labute approximate surface area is 165 Å². The van der Waals surface area contributed by atoms with E-state index in [9.17, 15) is 0 Å². The summed E-state index contributed by atoms with van der Waals surface area (Å²) in [5, 5.41) is 2.74. The quantitative estimate of drug-likeness (QED) is 0.468. The molecule has 2 aromatic heterocycles. The summed E-state index contributed by atoms with van der Waals surface area (Å²) in [5.41, 5.74) is 7.67. The molecule has 2 aromatic carbocycles. The Hall–Kier alpha value is -2.81. The molecule has 28 heavy (non-hydrogen) atoms. The van der Waals surface area contributed by atoms with Gasteiger partial charge in [0.25, 0.3) is 0 Å². The number of rotatable bonds is 4. The van der Waals surface area contributed by atoms with Gasteiger partial charge in [-0.05, 0) is 55.0 Å². The molecule has 0 saturated carbocycles. The smallest absolute Gasteiger partial charge is 0.118 e. The van der Waals surface area contributed by atoms with E-state index in [1.165, 1.54) is 51.5 Å². The van der Waals surface area contributed by atoms with Crippen LogP contribution in [-0.2, 0) is 12.8 Å². The molecule has 1 aliphatic carbocycles. The Bertz CT molecular complexity index is 1140. The molecule has 0 fully saturated rings. The second-order valence-electron chi connectivity index (χ2n) is 7.87. The minimum Gasteiger partial charge on any atom is -0.497 e. The fraction of sp³-hybridized carbons (Fsp3) is 0.320. The summed E-state index contributed by atoms with van der Waals surface area (Å²) in [5.74, 6) is 1.47. The molecular weight excluding hydrogens is 344 g/mol. The van der Waals surface area contributed by atoms with Gasteiger partial charge in [-0.2, -0.15) is 0 Å². The van der Waals surface area contributed by atoms with Crippen LogP contribution in [0.25, 0.3) is 21.8 Å². The third kappa shape index (κ3) is 2.77. The first-order chi connectivity index (χ1) is 13.8. The topological polar surface area (TPSA) is 37.9 Å². The van der Waals surface area contributed by atoms with Gasteiger partial charge in [-0.25, -0.2) is 0 Å². The monoisotopic (exact) mass is 370 g/mol. The molecular formula is C25H26N2O. The van der Waals surface area contributed by atoms with E-state index < -0.39 is 0 Å². The second-order valence-corrected chi connectivity index (χ2v) is 7.87. The zero-order valence-electron chi connectivity index (χ0n) is 16.6. The van der Waals surface area contributed by atoms with Gasteiger partial charge in [0.1, 0.15) is 5.75 Å². The Morgan fingerprint density at radius 1 is 1.11 bits per heavy atom. The number of fused-ring (bicyclic) bond motifs is 5. The van der Waals surface area contributed by atoms with Crippen LogP contribution in [0.2, 0.25) is 0 Å². The number of para-hydroxylation sites is 1. The van der Waals surface area contributed by atoms with Crippen LogP contribution in [0.4, 0.5) is 0 Å². The van der Waals surface area contributed by atoms with Crippen LogP contribution < -0.4 is 4.74 Å². The molecule has 5 rings (SSSR count). The van der Waals surface area contributed by atoms with Crippen LogP contribution in [0.15, 0.2) is 48.5 Å². The molecule has 1 aliphatic rings. The minimum atomic E-state index is 0.580. The summed E-state index contributed by atoms with van der Waals surface area (Å²) in [6, 6.07) is 17.0. The molecule has 0 bridgehead atoms. The average molecular weight is 370 g/mol. The van der Waals surface area contributed by atoms with Crippen molar-refractivity contribution in [3.8, 4) is 5.75 Å². The molecule has 3 nitrogen and oxygen atoms in total. The van der Waals surface area contributed by atoms with Crippen molar-refractivity contribution in [1.29, 1.82) is 0 Å². The van der Waals surface area contributed by atoms with Crippen LogP contribution in [0.3, 0.4) is 0 Å². The maximum Gasteiger partial charge on any atom is 0.118 e. The van der Waals surface area contributed by atoms with Gasteiger partial charge in [0.15, 0.2) is 0 Å². The highest BCUT2D eigenvalue weighted by Crippen LogP contribution is 2.40. The van der Waals surface area contributed by atoms with Gasteiger partial charge in [-0.3, -0.25) is 4.98 Å². The Kier molecular flexibility index (Phi) is 4.31. The molecule has 1 unspecified atom stereocenters. The second kappa shape index (κ2) is 6.97. The van der Waals surface area contributed by atoms with Crippen molar-refractivity contribution in [3.63, 3.8) is 0 Å². The predicted molar refractivity (Wildman–Crippen MR) is 115 cm³/mol. The number of hydrogen-bond donors (Lipinski definition) is 1. The molecule has 0 radical (unpaired) electrons. The summed E-state index contributed by atoms with van der Waals surface area (Å²) < 4.78 is 5.31. The van der Waals surface area contributed by atoms with Crippen LogP contribution in [0.1, 0.15) is 54.6 Å². The summed E-state index contributed by atoms with van der Waals surface area (Å²) in [6.45, 7) is 2.30. The first-order valence-corrected chi connectivity index (χ1v) is 10.3. The van der Waals surface area contributed by atoms with Crippen molar-refractivity contribution >= 4 is 21.8 Å². The highest BCUT2D eigenvalue weighted by molar-refractivity contribution is 6.10. The summed E-state index contributed by atoms with van der Waals surface area (Å²) in [7, 11) is 1.71. The number of methoxy groups -OCH3 is 1. The molecule has 4 aromatic rings. The molecule has 2 heterocycles. The fourth-order valence-corrected chi connectivity index (χ4v) is 4.78. The van der Waals surface area contributed by atoms with Gasteiger partial charge in [0, 0.05) is 34.3 Å². The standard InChI is InChI=1S/C25H26N2O/c1-3-17-7-6-9-20-23-19-8-4-5-10-21(19)26-25(23)22(27-24(17)20)15-16-11-13-18(28-2)14-12-16/h4-5,8,10-14,17,26H,3,6-7,9,15H2,1-2H3. The largest absolute Gasteiger partial charge is 0.497 e. The Morgan fingerprint density at radius 2 is 1.93 bits per heavy atom. The van der Waals surface area contributed by atoms with E-state index in [1.54, 1.807) is 7.11 Å². The number of aryl methyl sites for hydroxylation is 1. The highest BCUT2D eigenvalue weighted by Gasteiger charge is 2.26. The first kappa shape index (κ1) is 17.3. The lowest BCUT2D eigenvalue weighted by atomic mass is 9.82. The summed E-state index contributed by atoms with van der Waals surface area (Å²) in [6.07, 6.45) is 5.65. The number of H-pyrrole nitrogens is 1. The first-order valence-electron chi connectivity index (χ1n) is 10.3. The van der Waals surface area contributed by atoms with Crippen molar-refractivity contribution in [2.45, 2.75) is 44.9 Å². The van der Waals surface area contributed by atoms with Crippen LogP contribution in [-0.4, -0.2) is 17.1 Å². The Morgan fingerprint density at radius 3 is 2.71 bits per heavy atom. The van der Waals surface area contributed by atoms with Crippen molar-refractivity contribution < 1.29 is 4.74 Å². The van der Waals surface area contributed by atoms with E-state index in [4.69, 9.17) is 9.72 Å². The number of aromatic nitrogens is 2. The normalized spacial score (nSPS) is 16.4. The van der Waals surface area contributed by atoms with Gasteiger partial charge >= 0.3 is 0 Å². The van der Waals surface area contributed by atoms with Crippen molar-refractivity contribution in [2.24, 2.45) is 0 Å². The number of pyridine rings is 1. The van der Waals surface area contributed by atoms with Crippen molar-refractivity contribution in [2.75, 3.05) is 7.11 Å². The number of nitrogens with zero attached hydrogens (tertiary/aromatic N) is 1. The number of hydrogen-bond acceptors (Lipinski definition) is 2. The van der Waals surface area contributed by atoms with E-state index >= 15 is 0 Å². The number of ether oxygens (including phenoxy) is 1. The van der Waals surface area contributed by atoms with Crippen molar-refractivity contribution in [3.05, 3.63) is 71.0 Å². The minimum absolute atomic E-state index is 0.580. The van der Waals surface area contributed by atoms with Gasteiger partial charge in [-0.1, -0.05) is 37.3 Å². The lowest BCUT2D eigenvalue weighted by Crippen LogP contribution is -2.14. The molecule has 0 aliphatic heterocycles. The maximum atomic E-state index is 5.31. The van der Waals surface area contributed by atoms with Gasteiger partial charge in [0.05, 0.1) is 18.3 Å². The number of aromatic amines is 1. The third-order valence-electron chi connectivity index (χ3n) is 6.25. The maximum absolute atomic E-state index is 5.31. The highest BCUT2D eigenvalue weighted by atomic mass is 16.5. The van der Waals surface area contributed by atoms with E-state index in [0.29, 0.717) is 5.92 Å².